The fourth-order valence-electron chi connectivity index (χ4n) is 2.71. The van der Waals surface area contributed by atoms with Crippen molar-refractivity contribution >= 4 is 35.1 Å². The Bertz CT molecular complexity index is 850. The Balaban J connectivity index is 2.18. The van der Waals surface area contributed by atoms with Crippen molar-refractivity contribution in [2.24, 2.45) is 0 Å². The second-order valence-corrected chi connectivity index (χ2v) is 6.34. The van der Waals surface area contributed by atoms with Crippen molar-refractivity contribution in [1.29, 1.82) is 0 Å². The Morgan fingerprint density at radius 2 is 1.00 bits per heavy atom. The standard InChI is InChI=1S/C22H24N2O6/c1-29-21(27)13-11-19(25)23-17-9-5-3-7-15(17)16-8-4-6-10-18(16)24-20(26)12-14-22(28)30-2/h3-10H,11-14H2,1-2H3,(H,23,25)(H,24,26). The van der Waals surface area contributed by atoms with E-state index in [1.165, 1.54) is 14.2 Å². The minimum atomic E-state index is -0.460. The topological polar surface area (TPSA) is 111 Å². The number of hydrogen-bond acceptors (Lipinski definition) is 6. The van der Waals surface area contributed by atoms with Crippen LogP contribution in [0.25, 0.3) is 11.1 Å². The second kappa shape index (κ2) is 11.4. The van der Waals surface area contributed by atoms with Gasteiger partial charge in [-0.2, -0.15) is 0 Å². The first-order chi connectivity index (χ1) is 14.4. The number of benzene rings is 2. The molecule has 0 fully saturated rings. The molecule has 2 aromatic carbocycles. The predicted molar refractivity (Wildman–Crippen MR) is 112 cm³/mol. The third kappa shape index (κ3) is 6.73. The fraction of sp³-hybridized carbons (Fsp3) is 0.273. The minimum Gasteiger partial charge on any atom is -0.469 e. The SMILES string of the molecule is COC(=O)CCC(=O)Nc1ccccc1-c1ccccc1NC(=O)CCC(=O)OC. The highest BCUT2D eigenvalue weighted by Gasteiger charge is 2.14. The number of rotatable bonds is 9. The van der Waals surface area contributed by atoms with E-state index in [1.807, 2.05) is 24.3 Å². The lowest BCUT2D eigenvalue weighted by Crippen LogP contribution is -2.15. The predicted octanol–water partition coefficient (Wildman–Crippen LogP) is 3.14. The molecule has 0 aliphatic carbocycles. The van der Waals surface area contributed by atoms with Crippen molar-refractivity contribution in [3.05, 3.63) is 48.5 Å². The molecule has 8 heteroatoms. The van der Waals surface area contributed by atoms with Gasteiger partial charge < -0.3 is 20.1 Å². The number of carbonyl (C=O) groups excluding carboxylic acids is 4. The Labute approximate surface area is 174 Å². The molecule has 0 heterocycles. The Kier molecular flexibility index (Phi) is 8.56. The van der Waals surface area contributed by atoms with Crippen LogP contribution >= 0.6 is 0 Å². The van der Waals surface area contributed by atoms with Crippen LogP contribution in [0.2, 0.25) is 0 Å². The summed E-state index contributed by atoms with van der Waals surface area (Å²) in [5.41, 5.74) is 2.49. The first-order valence-corrected chi connectivity index (χ1v) is 9.36. The molecule has 2 aromatic rings. The molecule has 0 aliphatic heterocycles. The molecule has 30 heavy (non-hydrogen) atoms. The van der Waals surface area contributed by atoms with Crippen LogP contribution in [0.3, 0.4) is 0 Å². The number of ether oxygens (including phenoxy) is 2. The van der Waals surface area contributed by atoms with Crippen molar-refractivity contribution in [1.82, 2.24) is 0 Å². The van der Waals surface area contributed by atoms with Crippen molar-refractivity contribution in [3.8, 4) is 11.1 Å². The van der Waals surface area contributed by atoms with Crippen LogP contribution in [0.4, 0.5) is 11.4 Å². The summed E-state index contributed by atoms with van der Waals surface area (Å²) in [5, 5.41) is 5.59. The number of amides is 2. The normalized spacial score (nSPS) is 10.1. The monoisotopic (exact) mass is 412 g/mol. The average Bonchev–Trinajstić information content (AvgIpc) is 2.76. The molecule has 0 spiro atoms. The lowest BCUT2D eigenvalue weighted by Gasteiger charge is -2.15. The molecular formula is C22H24N2O6. The lowest BCUT2D eigenvalue weighted by atomic mass is 10.0. The molecule has 8 nitrogen and oxygen atoms in total. The number of esters is 2. The smallest absolute Gasteiger partial charge is 0.306 e. The zero-order chi connectivity index (χ0) is 21.9. The van der Waals surface area contributed by atoms with Crippen LogP contribution in [0.15, 0.2) is 48.5 Å². The summed E-state index contributed by atoms with van der Waals surface area (Å²) >= 11 is 0. The summed E-state index contributed by atoms with van der Waals surface area (Å²) in [6.07, 6.45) is -0.0471. The third-order valence-electron chi connectivity index (χ3n) is 4.26. The Hall–Kier alpha value is -3.68. The quantitative estimate of drug-likeness (QED) is 0.612. The van der Waals surface area contributed by atoms with Crippen molar-refractivity contribution in [3.63, 3.8) is 0 Å². The van der Waals surface area contributed by atoms with Gasteiger partial charge in [-0.25, -0.2) is 0 Å². The van der Waals surface area contributed by atoms with E-state index < -0.39 is 11.9 Å². The molecule has 2 amide bonds. The summed E-state index contributed by atoms with van der Waals surface area (Å²) < 4.78 is 9.10. The van der Waals surface area contributed by atoms with Gasteiger partial charge in [0.15, 0.2) is 0 Å². The van der Waals surface area contributed by atoms with Gasteiger partial charge in [0.2, 0.25) is 11.8 Å². The summed E-state index contributed by atoms with van der Waals surface area (Å²) in [6, 6.07) is 14.3. The molecule has 0 radical (unpaired) electrons. The molecule has 0 bridgehead atoms. The van der Waals surface area contributed by atoms with E-state index in [4.69, 9.17) is 0 Å². The van der Waals surface area contributed by atoms with Gasteiger partial charge in [0.05, 0.1) is 27.1 Å². The maximum Gasteiger partial charge on any atom is 0.306 e. The van der Waals surface area contributed by atoms with Crippen molar-refractivity contribution in [2.45, 2.75) is 25.7 Å². The van der Waals surface area contributed by atoms with Gasteiger partial charge in [0, 0.05) is 35.3 Å². The van der Waals surface area contributed by atoms with Crippen LogP contribution in [0, 0.1) is 0 Å². The van der Waals surface area contributed by atoms with E-state index >= 15 is 0 Å². The van der Waals surface area contributed by atoms with E-state index in [-0.39, 0.29) is 37.5 Å². The molecule has 2 rings (SSSR count). The lowest BCUT2D eigenvalue weighted by molar-refractivity contribution is -0.142. The minimum absolute atomic E-state index is 0.00703. The van der Waals surface area contributed by atoms with E-state index in [9.17, 15) is 19.2 Å². The summed E-state index contributed by atoms with van der Waals surface area (Å²) in [4.78, 5) is 46.9. The number of anilines is 2. The number of para-hydroxylation sites is 2. The molecule has 0 saturated heterocycles. The molecule has 0 unspecified atom stereocenters. The van der Waals surface area contributed by atoms with Crippen LogP contribution < -0.4 is 10.6 Å². The first-order valence-electron chi connectivity index (χ1n) is 9.36. The molecular weight excluding hydrogens is 388 g/mol. The van der Waals surface area contributed by atoms with Crippen LogP contribution in [-0.4, -0.2) is 38.0 Å². The maximum atomic E-state index is 12.2. The molecule has 158 valence electrons. The highest BCUT2D eigenvalue weighted by molar-refractivity contribution is 6.01. The summed E-state index contributed by atoms with van der Waals surface area (Å²) in [7, 11) is 2.54. The zero-order valence-electron chi connectivity index (χ0n) is 16.9. The van der Waals surface area contributed by atoms with Gasteiger partial charge in [0.1, 0.15) is 0 Å². The van der Waals surface area contributed by atoms with Crippen LogP contribution in [0.5, 0.6) is 0 Å². The molecule has 2 N–H and O–H groups in total. The first kappa shape index (κ1) is 22.6. The van der Waals surface area contributed by atoms with Crippen molar-refractivity contribution < 1.29 is 28.7 Å². The van der Waals surface area contributed by atoms with Crippen LogP contribution in [0.1, 0.15) is 25.7 Å². The maximum absolute atomic E-state index is 12.2. The number of hydrogen-bond donors (Lipinski definition) is 2. The summed E-state index contributed by atoms with van der Waals surface area (Å²) in [6.45, 7) is 0. The van der Waals surface area contributed by atoms with Gasteiger partial charge in [0.25, 0.3) is 0 Å². The molecule has 0 aliphatic rings. The van der Waals surface area contributed by atoms with E-state index in [0.717, 1.165) is 0 Å². The number of carbonyl (C=O) groups is 4. The van der Waals surface area contributed by atoms with Gasteiger partial charge in [-0.3, -0.25) is 19.2 Å². The Morgan fingerprint density at radius 1 is 0.633 bits per heavy atom. The van der Waals surface area contributed by atoms with Gasteiger partial charge in [-0.05, 0) is 12.1 Å². The van der Waals surface area contributed by atoms with E-state index in [2.05, 4.69) is 20.1 Å². The fourth-order valence-corrected chi connectivity index (χ4v) is 2.71. The van der Waals surface area contributed by atoms with Crippen molar-refractivity contribution in [2.75, 3.05) is 24.9 Å². The second-order valence-electron chi connectivity index (χ2n) is 6.34. The third-order valence-corrected chi connectivity index (χ3v) is 4.26. The number of nitrogens with one attached hydrogen (secondary N) is 2. The summed E-state index contributed by atoms with van der Waals surface area (Å²) in [5.74, 6) is -1.57. The zero-order valence-corrected chi connectivity index (χ0v) is 16.9. The van der Waals surface area contributed by atoms with Crippen LogP contribution in [-0.2, 0) is 28.7 Å². The highest BCUT2D eigenvalue weighted by Crippen LogP contribution is 2.33. The van der Waals surface area contributed by atoms with Gasteiger partial charge in [-0.15, -0.1) is 0 Å². The average molecular weight is 412 g/mol. The van der Waals surface area contributed by atoms with E-state index in [1.54, 1.807) is 24.3 Å². The molecule has 0 atom stereocenters. The largest absolute Gasteiger partial charge is 0.469 e. The highest BCUT2D eigenvalue weighted by atomic mass is 16.5. The van der Waals surface area contributed by atoms with Gasteiger partial charge in [-0.1, -0.05) is 36.4 Å². The molecule has 0 aromatic heterocycles. The van der Waals surface area contributed by atoms with E-state index in [0.29, 0.717) is 22.5 Å². The Morgan fingerprint density at radius 3 is 1.37 bits per heavy atom. The van der Waals surface area contributed by atoms with Gasteiger partial charge >= 0.3 is 11.9 Å². The molecule has 0 saturated carbocycles. The number of methoxy groups -OCH3 is 2.